The first kappa shape index (κ1) is 17.3. The van der Waals surface area contributed by atoms with E-state index >= 15 is 0 Å². The Morgan fingerprint density at radius 1 is 1.24 bits per heavy atom. The molecule has 116 valence electrons. The van der Waals surface area contributed by atoms with Crippen molar-refractivity contribution in [2.75, 3.05) is 6.61 Å². The molecule has 4 heteroatoms. The van der Waals surface area contributed by atoms with E-state index in [-0.39, 0.29) is 18.1 Å². The van der Waals surface area contributed by atoms with E-state index in [0.29, 0.717) is 18.9 Å². The fourth-order valence-electron chi connectivity index (χ4n) is 2.21. The van der Waals surface area contributed by atoms with Gasteiger partial charge in [0.2, 0.25) is 0 Å². The molecule has 1 unspecified atom stereocenters. The minimum atomic E-state index is -0.454. The molecule has 0 N–H and O–H groups in total. The van der Waals surface area contributed by atoms with Crippen LogP contribution in [0, 0.1) is 12.8 Å². The molecule has 0 aliphatic heterocycles. The smallest absolute Gasteiger partial charge is 0.313 e. The van der Waals surface area contributed by atoms with Crippen LogP contribution in [-0.2, 0) is 14.3 Å². The second-order valence-corrected chi connectivity index (χ2v) is 5.68. The van der Waals surface area contributed by atoms with Gasteiger partial charge in [-0.15, -0.1) is 0 Å². The lowest BCUT2D eigenvalue weighted by Gasteiger charge is -2.16. The standard InChI is InChI=1S/C17H25NO3/c1-5-21-17(20)11-16(19)14(10-9-12(2)3)15-8-6-7-13(4)18-15/h6-8,12,14H,5,9-11H2,1-4H3. The van der Waals surface area contributed by atoms with Gasteiger partial charge < -0.3 is 4.74 Å². The molecule has 0 radical (unpaired) electrons. The summed E-state index contributed by atoms with van der Waals surface area (Å²) in [5.74, 6) is -0.374. The van der Waals surface area contributed by atoms with Gasteiger partial charge in [0.15, 0.2) is 5.78 Å². The van der Waals surface area contributed by atoms with Crippen molar-refractivity contribution in [2.45, 2.75) is 52.9 Å². The molecule has 1 heterocycles. The minimum absolute atomic E-state index is 0.104. The number of rotatable bonds is 8. The van der Waals surface area contributed by atoms with Crippen LogP contribution in [0.15, 0.2) is 18.2 Å². The lowest BCUT2D eigenvalue weighted by atomic mass is 9.89. The Bertz CT molecular complexity index is 483. The lowest BCUT2D eigenvalue weighted by Crippen LogP contribution is -2.20. The topological polar surface area (TPSA) is 56.3 Å². The summed E-state index contributed by atoms with van der Waals surface area (Å²) in [6.07, 6.45) is 1.47. The normalized spacial score (nSPS) is 12.2. The Morgan fingerprint density at radius 3 is 2.52 bits per heavy atom. The van der Waals surface area contributed by atoms with Crippen LogP contribution in [-0.4, -0.2) is 23.3 Å². The van der Waals surface area contributed by atoms with Crippen molar-refractivity contribution in [1.29, 1.82) is 0 Å². The van der Waals surface area contributed by atoms with Crippen molar-refractivity contribution in [3.05, 3.63) is 29.6 Å². The van der Waals surface area contributed by atoms with Crippen molar-refractivity contribution < 1.29 is 14.3 Å². The van der Waals surface area contributed by atoms with Crippen molar-refractivity contribution in [3.8, 4) is 0 Å². The number of hydrogen-bond acceptors (Lipinski definition) is 4. The van der Waals surface area contributed by atoms with Crippen LogP contribution >= 0.6 is 0 Å². The first-order valence-corrected chi connectivity index (χ1v) is 7.56. The number of hydrogen-bond donors (Lipinski definition) is 0. The fourth-order valence-corrected chi connectivity index (χ4v) is 2.21. The first-order chi connectivity index (χ1) is 9.93. The van der Waals surface area contributed by atoms with Gasteiger partial charge in [-0.05, 0) is 44.7 Å². The zero-order valence-corrected chi connectivity index (χ0v) is 13.4. The summed E-state index contributed by atoms with van der Waals surface area (Å²) in [7, 11) is 0. The molecule has 0 spiro atoms. The van der Waals surface area contributed by atoms with Gasteiger partial charge in [0.1, 0.15) is 6.42 Å². The van der Waals surface area contributed by atoms with E-state index in [4.69, 9.17) is 4.74 Å². The largest absolute Gasteiger partial charge is 0.466 e. The number of aromatic nitrogens is 1. The summed E-state index contributed by atoms with van der Waals surface area (Å²) < 4.78 is 4.87. The summed E-state index contributed by atoms with van der Waals surface area (Å²) in [6.45, 7) is 8.18. The number of pyridine rings is 1. The summed E-state index contributed by atoms with van der Waals surface area (Å²) in [5, 5.41) is 0. The van der Waals surface area contributed by atoms with Crippen LogP contribution in [0.2, 0.25) is 0 Å². The molecule has 21 heavy (non-hydrogen) atoms. The predicted octanol–water partition coefficient (Wildman–Crippen LogP) is 3.43. The number of ether oxygens (including phenoxy) is 1. The third-order valence-corrected chi connectivity index (χ3v) is 3.31. The monoisotopic (exact) mass is 291 g/mol. The average molecular weight is 291 g/mol. The molecular weight excluding hydrogens is 266 g/mol. The molecule has 0 aliphatic rings. The first-order valence-electron chi connectivity index (χ1n) is 7.56. The zero-order valence-electron chi connectivity index (χ0n) is 13.4. The molecule has 0 bridgehead atoms. The second kappa shape index (κ2) is 8.55. The van der Waals surface area contributed by atoms with Crippen molar-refractivity contribution in [1.82, 2.24) is 4.98 Å². The number of Topliss-reactive ketones (excluding diaryl/α,β-unsaturated/α-hetero) is 1. The van der Waals surface area contributed by atoms with E-state index in [1.54, 1.807) is 6.92 Å². The summed E-state index contributed by atoms with van der Waals surface area (Å²) in [5.41, 5.74) is 1.64. The van der Waals surface area contributed by atoms with Gasteiger partial charge in [-0.1, -0.05) is 19.9 Å². The maximum atomic E-state index is 12.4. The van der Waals surface area contributed by atoms with Gasteiger partial charge in [0.25, 0.3) is 0 Å². The van der Waals surface area contributed by atoms with Crippen LogP contribution in [0.1, 0.15) is 57.3 Å². The SMILES string of the molecule is CCOC(=O)CC(=O)C(CCC(C)C)c1cccc(C)n1. The third kappa shape index (κ3) is 6.06. The van der Waals surface area contributed by atoms with Crippen molar-refractivity contribution in [2.24, 2.45) is 5.92 Å². The van der Waals surface area contributed by atoms with Crippen LogP contribution < -0.4 is 0 Å². The molecule has 0 aromatic carbocycles. The number of aryl methyl sites for hydroxylation is 1. The molecule has 0 saturated heterocycles. The molecule has 1 aromatic heterocycles. The third-order valence-electron chi connectivity index (χ3n) is 3.31. The Morgan fingerprint density at radius 2 is 1.95 bits per heavy atom. The Labute approximate surface area is 126 Å². The highest BCUT2D eigenvalue weighted by Crippen LogP contribution is 2.24. The average Bonchev–Trinajstić information content (AvgIpc) is 2.38. The van der Waals surface area contributed by atoms with E-state index in [9.17, 15) is 9.59 Å². The van der Waals surface area contributed by atoms with Crippen molar-refractivity contribution >= 4 is 11.8 Å². The Kier molecular flexibility index (Phi) is 7.06. The number of ketones is 1. The summed E-state index contributed by atoms with van der Waals surface area (Å²) >= 11 is 0. The molecule has 1 aromatic rings. The Balaban J connectivity index is 2.86. The van der Waals surface area contributed by atoms with E-state index in [1.165, 1.54) is 0 Å². The van der Waals surface area contributed by atoms with Gasteiger partial charge in [-0.25, -0.2) is 0 Å². The van der Waals surface area contributed by atoms with Crippen LogP contribution in [0.4, 0.5) is 0 Å². The quantitative estimate of drug-likeness (QED) is 0.544. The van der Waals surface area contributed by atoms with Crippen LogP contribution in [0.25, 0.3) is 0 Å². The fraction of sp³-hybridized carbons (Fsp3) is 0.588. The highest BCUT2D eigenvalue weighted by atomic mass is 16.5. The van der Waals surface area contributed by atoms with Gasteiger partial charge in [0.05, 0.1) is 18.2 Å². The maximum absolute atomic E-state index is 12.4. The lowest BCUT2D eigenvalue weighted by molar-refractivity contribution is -0.145. The molecule has 1 rings (SSSR count). The van der Waals surface area contributed by atoms with Gasteiger partial charge in [0, 0.05) is 5.69 Å². The Hall–Kier alpha value is -1.71. The van der Waals surface area contributed by atoms with E-state index in [2.05, 4.69) is 18.8 Å². The summed E-state index contributed by atoms with van der Waals surface area (Å²) in [6, 6.07) is 5.66. The van der Waals surface area contributed by atoms with Crippen LogP contribution in [0.5, 0.6) is 0 Å². The molecule has 0 amide bonds. The van der Waals surface area contributed by atoms with Crippen molar-refractivity contribution in [3.63, 3.8) is 0 Å². The molecule has 0 aliphatic carbocycles. The number of carbonyl (C=O) groups is 2. The van der Waals surface area contributed by atoms with E-state index in [1.807, 2.05) is 25.1 Å². The van der Waals surface area contributed by atoms with Gasteiger partial charge in [-0.3, -0.25) is 14.6 Å². The maximum Gasteiger partial charge on any atom is 0.313 e. The van der Waals surface area contributed by atoms with E-state index < -0.39 is 5.97 Å². The zero-order chi connectivity index (χ0) is 15.8. The van der Waals surface area contributed by atoms with Gasteiger partial charge in [-0.2, -0.15) is 0 Å². The number of esters is 1. The molecular formula is C17H25NO3. The molecule has 0 saturated carbocycles. The minimum Gasteiger partial charge on any atom is -0.466 e. The highest BCUT2D eigenvalue weighted by Gasteiger charge is 2.24. The molecule has 0 fully saturated rings. The molecule has 4 nitrogen and oxygen atoms in total. The van der Waals surface area contributed by atoms with Crippen LogP contribution in [0.3, 0.4) is 0 Å². The number of carbonyl (C=O) groups excluding carboxylic acids is 2. The second-order valence-electron chi connectivity index (χ2n) is 5.68. The van der Waals surface area contributed by atoms with E-state index in [0.717, 1.165) is 17.8 Å². The van der Waals surface area contributed by atoms with Gasteiger partial charge >= 0.3 is 5.97 Å². The predicted molar refractivity (Wildman–Crippen MR) is 82.0 cm³/mol. The summed E-state index contributed by atoms with van der Waals surface area (Å²) in [4.78, 5) is 28.4. The highest BCUT2D eigenvalue weighted by molar-refractivity contribution is 5.98. The number of nitrogens with zero attached hydrogens (tertiary/aromatic N) is 1. The molecule has 1 atom stereocenters.